The van der Waals surface area contributed by atoms with Crippen molar-refractivity contribution in [3.63, 3.8) is 0 Å². The van der Waals surface area contributed by atoms with Gasteiger partial charge in [0.25, 0.3) is 0 Å². The zero-order chi connectivity index (χ0) is 33.3. The summed E-state index contributed by atoms with van der Waals surface area (Å²) < 4.78 is 2.40. The Morgan fingerprint density at radius 1 is 0.320 bits per heavy atom. The van der Waals surface area contributed by atoms with E-state index in [9.17, 15) is 0 Å². The molecule has 0 aliphatic carbocycles. The Bertz CT molecular complexity index is 2550. The Balaban J connectivity index is 1.28. The lowest BCUT2D eigenvalue weighted by atomic mass is 9.99. The van der Waals surface area contributed by atoms with Crippen molar-refractivity contribution < 1.29 is 0 Å². The van der Waals surface area contributed by atoms with E-state index in [4.69, 9.17) is 0 Å². The Kier molecular flexibility index (Phi) is 7.53. The van der Waals surface area contributed by atoms with Crippen molar-refractivity contribution in [1.29, 1.82) is 0 Å². The molecule has 0 radical (unpaired) electrons. The first-order chi connectivity index (χ1) is 24.8. The van der Waals surface area contributed by atoms with Crippen molar-refractivity contribution in [1.82, 2.24) is 4.57 Å². The van der Waals surface area contributed by atoms with Crippen LogP contribution < -0.4 is 4.90 Å². The minimum Gasteiger partial charge on any atom is -0.310 e. The molecule has 8 aromatic carbocycles. The molecule has 0 aliphatic heterocycles. The number of benzene rings is 8. The maximum Gasteiger partial charge on any atom is 0.0547 e. The number of hydrogen-bond acceptors (Lipinski definition) is 1. The van der Waals surface area contributed by atoms with Gasteiger partial charge in [0.05, 0.1) is 11.0 Å². The number of nitrogens with zero attached hydrogens (tertiary/aromatic N) is 2. The van der Waals surface area contributed by atoms with Crippen LogP contribution in [0.3, 0.4) is 0 Å². The minimum atomic E-state index is 1.10. The monoisotopic (exact) mass is 638 g/mol. The van der Waals surface area contributed by atoms with Gasteiger partial charge in [0.2, 0.25) is 0 Å². The van der Waals surface area contributed by atoms with Gasteiger partial charge in [-0.15, -0.1) is 0 Å². The molecule has 0 aliphatic rings. The van der Waals surface area contributed by atoms with E-state index in [1.54, 1.807) is 0 Å². The molecule has 9 aromatic rings. The molecule has 0 saturated carbocycles. The molecule has 0 bridgehead atoms. The number of fused-ring (bicyclic) bond motifs is 3. The summed E-state index contributed by atoms with van der Waals surface area (Å²) in [6.45, 7) is 0. The molecule has 2 nitrogen and oxygen atoms in total. The molecule has 1 aromatic heterocycles. The van der Waals surface area contributed by atoms with Crippen LogP contribution in [-0.4, -0.2) is 4.57 Å². The second-order valence-electron chi connectivity index (χ2n) is 12.6. The largest absolute Gasteiger partial charge is 0.310 e. The van der Waals surface area contributed by atoms with Gasteiger partial charge in [-0.05, 0) is 94.0 Å². The van der Waals surface area contributed by atoms with E-state index in [2.05, 4.69) is 216 Å². The predicted molar refractivity (Wildman–Crippen MR) is 212 cm³/mol. The second-order valence-corrected chi connectivity index (χ2v) is 12.6. The zero-order valence-corrected chi connectivity index (χ0v) is 27.5. The summed E-state index contributed by atoms with van der Waals surface area (Å²) in [5.41, 5.74) is 14.0. The summed E-state index contributed by atoms with van der Waals surface area (Å²) in [4.78, 5) is 2.39. The molecule has 50 heavy (non-hydrogen) atoms. The van der Waals surface area contributed by atoms with Gasteiger partial charge in [0, 0.05) is 33.5 Å². The molecule has 1 heterocycles. The first-order valence-corrected chi connectivity index (χ1v) is 17.1. The topological polar surface area (TPSA) is 8.17 Å². The fourth-order valence-corrected chi connectivity index (χ4v) is 7.25. The molecule has 0 spiro atoms. The van der Waals surface area contributed by atoms with Crippen LogP contribution in [0.2, 0.25) is 0 Å². The maximum absolute atomic E-state index is 2.40. The van der Waals surface area contributed by atoms with Gasteiger partial charge in [-0.3, -0.25) is 0 Å². The lowest BCUT2D eigenvalue weighted by Gasteiger charge is -2.26. The van der Waals surface area contributed by atoms with E-state index in [0.717, 1.165) is 22.7 Å². The van der Waals surface area contributed by atoms with E-state index >= 15 is 0 Å². The minimum absolute atomic E-state index is 1.10. The van der Waals surface area contributed by atoms with Crippen molar-refractivity contribution in [3.05, 3.63) is 206 Å². The van der Waals surface area contributed by atoms with Crippen molar-refractivity contribution in [2.24, 2.45) is 0 Å². The van der Waals surface area contributed by atoms with Crippen LogP contribution in [0.25, 0.3) is 60.9 Å². The van der Waals surface area contributed by atoms with Gasteiger partial charge >= 0.3 is 0 Å². The zero-order valence-electron chi connectivity index (χ0n) is 27.5. The third-order valence-corrected chi connectivity index (χ3v) is 9.58. The van der Waals surface area contributed by atoms with Crippen LogP contribution >= 0.6 is 0 Å². The van der Waals surface area contributed by atoms with Crippen molar-refractivity contribution >= 4 is 38.9 Å². The Labute approximate surface area is 292 Å². The molecule has 0 amide bonds. The van der Waals surface area contributed by atoms with Crippen molar-refractivity contribution in [2.75, 3.05) is 4.90 Å². The highest BCUT2D eigenvalue weighted by Gasteiger charge is 2.20. The van der Waals surface area contributed by atoms with E-state index < -0.39 is 0 Å². The van der Waals surface area contributed by atoms with Crippen LogP contribution in [0.5, 0.6) is 0 Å². The smallest absolute Gasteiger partial charge is 0.0547 e. The van der Waals surface area contributed by atoms with E-state index in [1.165, 1.54) is 55.2 Å². The standard InChI is InChI=1S/C48H34N2/c1-5-15-35(16-6-1)37-27-29-41(30-28-37)49(42-24-13-21-39(33-42)36-17-7-2-8-18-36)43-31-32-46-45(34-43)48-44(38-19-9-3-10-20-38)25-14-26-47(48)50(46)40-22-11-4-12-23-40/h1-34H. The first-order valence-electron chi connectivity index (χ1n) is 17.1. The van der Waals surface area contributed by atoms with Crippen LogP contribution in [0.1, 0.15) is 0 Å². The molecule has 0 N–H and O–H groups in total. The summed E-state index contributed by atoms with van der Waals surface area (Å²) in [5.74, 6) is 0. The summed E-state index contributed by atoms with van der Waals surface area (Å²) >= 11 is 0. The SMILES string of the molecule is c1ccc(-c2ccc(N(c3cccc(-c4ccccc4)c3)c3ccc4c(c3)c3c(-c5ccccc5)cccc3n4-c3ccccc3)cc2)cc1. The summed E-state index contributed by atoms with van der Waals surface area (Å²) in [6.07, 6.45) is 0. The van der Waals surface area contributed by atoms with Gasteiger partial charge < -0.3 is 9.47 Å². The molecule has 9 rings (SSSR count). The maximum atomic E-state index is 2.40. The van der Waals surface area contributed by atoms with Crippen LogP contribution in [0.4, 0.5) is 17.1 Å². The highest BCUT2D eigenvalue weighted by atomic mass is 15.1. The summed E-state index contributed by atoms with van der Waals surface area (Å²) in [5, 5.41) is 2.46. The lowest BCUT2D eigenvalue weighted by molar-refractivity contribution is 1.18. The van der Waals surface area contributed by atoms with Crippen molar-refractivity contribution in [2.45, 2.75) is 0 Å². The number of aromatic nitrogens is 1. The number of anilines is 3. The average Bonchev–Trinajstić information content (AvgIpc) is 3.54. The van der Waals surface area contributed by atoms with E-state index in [-0.39, 0.29) is 0 Å². The van der Waals surface area contributed by atoms with Gasteiger partial charge in [-0.25, -0.2) is 0 Å². The fourth-order valence-electron chi connectivity index (χ4n) is 7.25. The third kappa shape index (κ3) is 5.34. The second kappa shape index (κ2) is 12.8. The van der Waals surface area contributed by atoms with Crippen LogP contribution in [0.15, 0.2) is 206 Å². The molecular weight excluding hydrogens is 605 g/mol. The number of hydrogen-bond donors (Lipinski definition) is 0. The number of para-hydroxylation sites is 1. The van der Waals surface area contributed by atoms with Crippen LogP contribution in [-0.2, 0) is 0 Å². The Morgan fingerprint density at radius 2 is 0.840 bits per heavy atom. The lowest BCUT2D eigenvalue weighted by Crippen LogP contribution is -2.10. The van der Waals surface area contributed by atoms with Crippen molar-refractivity contribution in [3.8, 4) is 39.1 Å². The molecule has 236 valence electrons. The molecule has 2 heteroatoms. The summed E-state index contributed by atoms with van der Waals surface area (Å²) in [7, 11) is 0. The van der Waals surface area contributed by atoms with Gasteiger partial charge in [0.15, 0.2) is 0 Å². The highest BCUT2D eigenvalue weighted by molar-refractivity contribution is 6.16. The van der Waals surface area contributed by atoms with Gasteiger partial charge in [-0.2, -0.15) is 0 Å². The quantitative estimate of drug-likeness (QED) is 0.169. The molecule has 0 unspecified atom stereocenters. The van der Waals surface area contributed by atoms with E-state index in [1.807, 2.05) is 0 Å². The molecule has 0 saturated heterocycles. The summed E-state index contributed by atoms with van der Waals surface area (Å²) in [6, 6.07) is 74.0. The molecular formula is C48H34N2. The molecule has 0 atom stereocenters. The third-order valence-electron chi connectivity index (χ3n) is 9.58. The molecule has 0 fully saturated rings. The van der Waals surface area contributed by atoms with Crippen LogP contribution in [0, 0.1) is 0 Å². The van der Waals surface area contributed by atoms with E-state index in [0.29, 0.717) is 0 Å². The number of rotatable bonds is 7. The average molecular weight is 639 g/mol. The highest BCUT2D eigenvalue weighted by Crippen LogP contribution is 2.43. The van der Waals surface area contributed by atoms with Gasteiger partial charge in [-0.1, -0.05) is 146 Å². The fraction of sp³-hybridized carbons (Fsp3) is 0. The predicted octanol–water partition coefficient (Wildman–Crippen LogP) is 13.3. The Morgan fingerprint density at radius 3 is 1.52 bits per heavy atom. The normalized spacial score (nSPS) is 11.2. The Hall–Kier alpha value is -6.64. The first kappa shape index (κ1) is 29.5. The van der Waals surface area contributed by atoms with Gasteiger partial charge in [0.1, 0.15) is 0 Å².